The molecule has 1 amide bonds. The summed E-state index contributed by atoms with van der Waals surface area (Å²) in [6.07, 6.45) is -0.692. The van der Waals surface area contributed by atoms with Gasteiger partial charge < -0.3 is 10.1 Å². The SMILES string of the molecule is Cc1cc2nc(C)c(CCC(=O)OC(C)C(=O)Nc3cc([N+](=O)[O-])ccc3Cl)c(C)n2n1. The molecule has 1 atom stereocenters. The van der Waals surface area contributed by atoms with Crippen LogP contribution in [0.5, 0.6) is 0 Å². The van der Waals surface area contributed by atoms with E-state index in [-0.39, 0.29) is 22.8 Å². The molecule has 0 radical (unpaired) electrons. The van der Waals surface area contributed by atoms with Crippen LogP contribution in [0.1, 0.15) is 36.0 Å². The number of nitro benzene ring substituents is 1. The number of rotatable bonds is 7. The number of amides is 1. The highest BCUT2D eigenvalue weighted by Gasteiger charge is 2.21. The maximum Gasteiger partial charge on any atom is 0.306 e. The predicted molar refractivity (Wildman–Crippen MR) is 118 cm³/mol. The number of ether oxygens (including phenoxy) is 1. The monoisotopic (exact) mass is 459 g/mol. The van der Waals surface area contributed by atoms with Gasteiger partial charge in [0.1, 0.15) is 0 Å². The minimum atomic E-state index is -1.12. The summed E-state index contributed by atoms with van der Waals surface area (Å²) in [6.45, 7) is 7.07. The zero-order valence-corrected chi connectivity index (χ0v) is 18.8. The van der Waals surface area contributed by atoms with Gasteiger partial charge in [-0.3, -0.25) is 19.7 Å². The molecule has 32 heavy (non-hydrogen) atoms. The maximum absolute atomic E-state index is 12.4. The van der Waals surface area contributed by atoms with Crippen LogP contribution >= 0.6 is 11.6 Å². The molecule has 3 aromatic rings. The zero-order chi connectivity index (χ0) is 23.6. The molecule has 0 aliphatic heterocycles. The third kappa shape index (κ3) is 5.02. The van der Waals surface area contributed by atoms with E-state index in [1.807, 2.05) is 26.8 Å². The van der Waals surface area contributed by atoms with E-state index in [4.69, 9.17) is 16.3 Å². The smallest absolute Gasteiger partial charge is 0.306 e. The average molecular weight is 460 g/mol. The van der Waals surface area contributed by atoms with Crippen LogP contribution in [0.3, 0.4) is 0 Å². The van der Waals surface area contributed by atoms with Crippen molar-refractivity contribution < 1.29 is 19.2 Å². The van der Waals surface area contributed by atoms with E-state index in [0.717, 1.165) is 34.4 Å². The van der Waals surface area contributed by atoms with Crippen LogP contribution < -0.4 is 5.32 Å². The van der Waals surface area contributed by atoms with Crippen LogP contribution in [0.4, 0.5) is 11.4 Å². The first kappa shape index (κ1) is 23.1. The minimum Gasteiger partial charge on any atom is -0.453 e. The van der Waals surface area contributed by atoms with Crippen molar-refractivity contribution in [2.24, 2.45) is 0 Å². The highest BCUT2D eigenvalue weighted by Crippen LogP contribution is 2.27. The molecular weight excluding hydrogens is 438 g/mol. The summed E-state index contributed by atoms with van der Waals surface area (Å²) in [5, 5.41) is 17.9. The number of nitrogens with zero attached hydrogens (tertiary/aromatic N) is 4. The van der Waals surface area contributed by atoms with Crippen molar-refractivity contribution in [1.82, 2.24) is 14.6 Å². The number of hydrogen-bond donors (Lipinski definition) is 1. The fraction of sp³-hybridized carbons (Fsp3) is 0.333. The van der Waals surface area contributed by atoms with Crippen molar-refractivity contribution in [3.8, 4) is 0 Å². The molecule has 0 saturated heterocycles. The molecule has 0 aliphatic carbocycles. The normalized spacial score (nSPS) is 11.9. The lowest BCUT2D eigenvalue weighted by molar-refractivity contribution is -0.384. The van der Waals surface area contributed by atoms with E-state index < -0.39 is 22.9 Å². The van der Waals surface area contributed by atoms with Gasteiger partial charge in [0.2, 0.25) is 0 Å². The number of non-ortho nitro benzene ring substituents is 1. The molecule has 3 rings (SSSR count). The Hall–Kier alpha value is -3.53. The number of carbonyl (C=O) groups excluding carboxylic acids is 2. The first-order valence-corrected chi connectivity index (χ1v) is 10.2. The van der Waals surface area contributed by atoms with Crippen molar-refractivity contribution in [2.45, 2.75) is 46.6 Å². The van der Waals surface area contributed by atoms with Gasteiger partial charge in [0.25, 0.3) is 11.6 Å². The molecule has 1 aromatic carbocycles. The van der Waals surface area contributed by atoms with E-state index in [2.05, 4.69) is 15.4 Å². The van der Waals surface area contributed by atoms with E-state index in [1.165, 1.54) is 19.1 Å². The van der Waals surface area contributed by atoms with Crippen molar-refractivity contribution in [1.29, 1.82) is 0 Å². The molecule has 1 N–H and O–H groups in total. The standard InChI is InChI=1S/C21H22ClN5O5/c1-11-9-19-23-12(2)16(13(3)26(19)25-11)6-8-20(28)32-14(4)21(29)24-18-10-15(27(30)31)5-7-17(18)22/h5,7,9-10,14H,6,8H2,1-4H3,(H,24,29). The van der Waals surface area contributed by atoms with Crippen molar-refractivity contribution in [3.63, 3.8) is 0 Å². The fourth-order valence-corrected chi connectivity index (χ4v) is 3.46. The Labute approximate surface area is 188 Å². The summed E-state index contributed by atoms with van der Waals surface area (Å²) in [5.74, 6) is -1.21. The van der Waals surface area contributed by atoms with Gasteiger partial charge in [-0.1, -0.05) is 11.6 Å². The Bertz CT molecular complexity index is 1220. The van der Waals surface area contributed by atoms with Gasteiger partial charge in [0, 0.05) is 36.0 Å². The molecule has 0 aliphatic rings. The molecule has 2 aromatic heterocycles. The molecule has 0 fully saturated rings. The lowest BCUT2D eigenvalue weighted by atomic mass is 10.1. The Balaban J connectivity index is 1.62. The number of nitro groups is 1. The van der Waals surface area contributed by atoms with Crippen LogP contribution in [-0.4, -0.2) is 37.5 Å². The van der Waals surface area contributed by atoms with Crippen LogP contribution in [0.15, 0.2) is 24.3 Å². The zero-order valence-electron chi connectivity index (χ0n) is 18.0. The fourth-order valence-electron chi connectivity index (χ4n) is 3.30. The molecule has 0 saturated carbocycles. The van der Waals surface area contributed by atoms with Crippen LogP contribution in [0.25, 0.3) is 5.65 Å². The second kappa shape index (κ2) is 9.31. The third-order valence-electron chi connectivity index (χ3n) is 4.96. The summed E-state index contributed by atoms with van der Waals surface area (Å²) < 4.78 is 6.96. The molecule has 2 heterocycles. The van der Waals surface area contributed by atoms with Gasteiger partial charge in [-0.2, -0.15) is 5.10 Å². The van der Waals surface area contributed by atoms with Crippen LogP contribution in [-0.2, 0) is 20.7 Å². The summed E-state index contributed by atoms with van der Waals surface area (Å²) >= 11 is 5.99. The molecule has 10 nitrogen and oxygen atoms in total. The second-order valence-corrected chi connectivity index (χ2v) is 7.77. The topological polar surface area (TPSA) is 129 Å². The summed E-state index contributed by atoms with van der Waals surface area (Å²) in [5.41, 5.74) is 4.01. The first-order chi connectivity index (χ1) is 15.1. The third-order valence-corrected chi connectivity index (χ3v) is 5.29. The van der Waals surface area contributed by atoms with Crippen molar-refractivity contribution >= 4 is 40.5 Å². The largest absolute Gasteiger partial charge is 0.453 e. The molecular formula is C21H22ClN5O5. The number of aryl methyl sites for hydroxylation is 3. The number of benzene rings is 1. The number of anilines is 1. The lowest BCUT2D eigenvalue weighted by Crippen LogP contribution is -2.30. The van der Waals surface area contributed by atoms with E-state index >= 15 is 0 Å². The Morgan fingerprint density at radius 1 is 1.28 bits per heavy atom. The number of halogens is 1. The van der Waals surface area contributed by atoms with Gasteiger partial charge in [-0.25, -0.2) is 9.50 Å². The lowest BCUT2D eigenvalue weighted by Gasteiger charge is -2.15. The number of esters is 1. The van der Waals surface area contributed by atoms with E-state index in [1.54, 1.807) is 4.52 Å². The number of aromatic nitrogens is 3. The molecule has 1 unspecified atom stereocenters. The van der Waals surface area contributed by atoms with Gasteiger partial charge in [0.15, 0.2) is 11.8 Å². The summed E-state index contributed by atoms with van der Waals surface area (Å²) in [7, 11) is 0. The van der Waals surface area contributed by atoms with Crippen LogP contribution in [0.2, 0.25) is 5.02 Å². The summed E-state index contributed by atoms with van der Waals surface area (Å²) in [6, 6.07) is 5.55. The van der Waals surface area contributed by atoms with Crippen LogP contribution in [0, 0.1) is 30.9 Å². The predicted octanol–water partition coefficient (Wildman–Crippen LogP) is 3.72. The van der Waals surface area contributed by atoms with Gasteiger partial charge >= 0.3 is 5.97 Å². The number of carbonyl (C=O) groups is 2. The quantitative estimate of drug-likeness (QED) is 0.324. The highest BCUT2D eigenvalue weighted by atomic mass is 35.5. The Morgan fingerprint density at radius 3 is 2.69 bits per heavy atom. The van der Waals surface area contributed by atoms with E-state index in [0.29, 0.717) is 6.42 Å². The second-order valence-electron chi connectivity index (χ2n) is 7.36. The Kier molecular flexibility index (Phi) is 6.73. The molecule has 0 spiro atoms. The van der Waals surface area contributed by atoms with Gasteiger partial charge in [-0.15, -0.1) is 0 Å². The van der Waals surface area contributed by atoms with Crippen molar-refractivity contribution in [3.05, 3.63) is 62.0 Å². The molecule has 0 bridgehead atoms. The van der Waals surface area contributed by atoms with E-state index in [9.17, 15) is 19.7 Å². The van der Waals surface area contributed by atoms with Crippen molar-refractivity contribution in [2.75, 3.05) is 5.32 Å². The minimum absolute atomic E-state index is 0.0459. The maximum atomic E-state index is 12.4. The number of fused-ring (bicyclic) bond motifs is 1. The highest BCUT2D eigenvalue weighted by molar-refractivity contribution is 6.33. The Morgan fingerprint density at radius 2 is 2.00 bits per heavy atom. The first-order valence-electron chi connectivity index (χ1n) is 9.83. The average Bonchev–Trinajstić information content (AvgIpc) is 3.09. The summed E-state index contributed by atoms with van der Waals surface area (Å²) in [4.78, 5) is 39.5. The molecule has 168 valence electrons. The number of hydrogen-bond acceptors (Lipinski definition) is 7. The number of nitrogens with one attached hydrogen (secondary N) is 1. The van der Waals surface area contributed by atoms with Gasteiger partial charge in [-0.05, 0) is 45.7 Å². The van der Waals surface area contributed by atoms with Gasteiger partial charge in [0.05, 0.1) is 21.3 Å². The molecule has 11 heteroatoms.